The molecule has 0 bridgehead atoms. The van der Waals surface area contributed by atoms with E-state index < -0.39 is 0 Å². The molecule has 2 rings (SSSR count). The van der Waals surface area contributed by atoms with E-state index in [9.17, 15) is 4.79 Å². The fourth-order valence-corrected chi connectivity index (χ4v) is 3.22. The molecule has 0 heterocycles. The third-order valence-corrected chi connectivity index (χ3v) is 4.82. The van der Waals surface area contributed by atoms with Crippen LogP contribution in [0.4, 0.5) is 0 Å². The van der Waals surface area contributed by atoms with Crippen molar-refractivity contribution < 1.29 is 9.53 Å². The number of amides is 1. The Bertz CT molecular complexity index is 473. The van der Waals surface area contributed by atoms with Crippen molar-refractivity contribution in [3.8, 4) is 5.75 Å². The van der Waals surface area contributed by atoms with Crippen molar-refractivity contribution in [3.05, 3.63) is 28.2 Å². The standard InChI is InChI=1S/C14H17BrClNO2/c1-19-10-4-5-12(15)11(8-10)13(18)17-14(9-16)6-2-3-7-14/h4-5,8H,2-3,6-7,9H2,1H3,(H,17,18). The van der Waals surface area contributed by atoms with Gasteiger partial charge in [-0.2, -0.15) is 0 Å². The molecule has 5 heteroatoms. The quantitative estimate of drug-likeness (QED) is 0.843. The van der Waals surface area contributed by atoms with Crippen LogP contribution in [0.15, 0.2) is 22.7 Å². The fraction of sp³-hybridized carbons (Fsp3) is 0.500. The van der Waals surface area contributed by atoms with Gasteiger partial charge in [-0.3, -0.25) is 4.79 Å². The summed E-state index contributed by atoms with van der Waals surface area (Å²) in [4.78, 5) is 12.4. The Morgan fingerprint density at radius 1 is 1.47 bits per heavy atom. The lowest BCUT2D eigenvalue weighted by molar-refractivity contribution is 0.0908. The Morgan fingerprint density at radius 2 is 2.16 bits per heavy atom. The van der Waals surface area contributed by atoms with E-state index in [-0.39, 0.29) is 11.4 Å². The van der Waals surface area contributed by atoms with E-state index in [1.54, 1.807) is 13.2 Å². The van der Waals surface area contributed by atoms with Gasteiger partial charge >= 0.3 is 0 Å². The first-order valence-corrected chi connectivity index (χ1v) is 7.65. The normalized spacial score (nSPS) is 17.2. The Hall–Kier alpha value is -0.740. The van der Waals surface area contributed by atoms with Gasteiger partial charge in [0, 0.05) is 10.4 Å². The van der Waals surface area contributed by atoms with Crippen molar-refractivity contribution in [2.45, 2.75) is 31.2 Å². The minimum Gasteiger partial charge on any atom is -0.497 e. The number of nitrogens with one attached hydrogen (secondary N) is 1. The predicted molar refractivity (Wildman–Crippen MR) is 80.1 cm³/mol. The molecule has 0 aliphatic heterocycles. The predicted octanol–water partition coefficient (Wildman–Crippen LogP) is 3.74. The number of carbonyl (C=O) groups excluding carboxylic acids is 1. The number of carbonyl (C=O) groups is 1. The molecular weight excluding hydrogens is 330 g/mol. The zero-order valence-corrected chi connectivity index (χ0v) is 13.2. The summed E-state index contributed by atoms with van der Waals surface area (Å²) in [5, 5.41) is 3.09. The van der Waals surface area contributed by atoms with Crippen molar-refractivity contribution in [3.63, 3.8) is 0 Å². The zero-order chi connectivity index (χ0) is 13.9. The van der Waals surface area contributed by atoms with Crippen LogP contribution in [0.3, 0.4) is 0 Å². The molecule has 0 radical (unpaired) electrons. The topological polar surface area (TPSA) is 38.3 Å². The Morgan fingerprint density at radius 3 is 2.74 bits per heavy atom. The summed E-state index contributed by atoms with van der Waals surface area (Å²) < 4.78 is 5.91. The first-order valence-electron chi connectivity index (χ1n) is 6.32. The van der Waals surface area contributed by atoms with Gasteiger partial charge in [-0.05, 0) is 47.0 Å². The monoisotopic (exact) mass is 345 g/mol. The first kappa shape index (κ1) is 14.7. The molecule has 1 aromatic carbocycles. The molecule has 1 saturated carbocycles. The number of ether oxygens (including phenoxy) is 1. The molecule has 1 aliphatic carbocycles. The highest BCUT2D eigenvalue weighted by molar-refractivity contribution is 9.10. The summed E-state index contributed by atoms with van der Waals surface area (Å²) in [6.45, 7) is 0. The number of rotatable bonds is 4. The highest BCUT2D eigenvalue weighted by Gasteiger charge is 2.35. The summed E-state index contributed by atoms with van der Waals surface area (Å²) in [7, 11) is 1.59. The summed E-state index contributed by atoms with van der Waals surface area (Å²) in [5.41, 5.74) is 0.331. The molecule has 0 aromatic heterocycles. The van der Waals surface area contributed by atoms with E-state index in [0.717, 1.165) is 30.2 Å². The Labute approximate surface area is 126 Å². The number of methoxy groups -OCH3 is 1. The molecule has 3 nitrogen and oxygen atoms in total. The number of hydrogen-bond acceptors (Lipinski definition) is 2. The van der Waals surface area contributed by atoms with Crippen LogP contribution in [0, 0.1) is 0 Å². The maximum atomic E-state index is 12.4. The van der Waals surface area contributed by atoms with Crippen LogP contribution in [0.2, 0.25) is 0 Å². The van der Waals surface area contributed by atoms with Crippen molar-refractivity contribution in [1.29, 1.82) is 0 Å². The molecule has 1 amide bonds. The molecule has 1 N–H and O–H groups in total. The lowest BCUT2D eigenvalue weighted by Crippen LogP contribution is -2.48. The number of benzene rings is 1. The van der Waals surface area contributed by atoms with Crippen molar-refractivity contribution in [2.24, 2.45) is 0 Å². The molecule has 104 valence electrons. The summed E-state index contributed by atoms with van der Waals surface area (Å²) in [5.74, 6) is 1.02. The second-order valence-electron chi connectivity index (χ2n) is 4.92. The van der Waals surface area contributed by atoms with E-state index in [0.29, 0.717) is 17.2 Å². The van der Waals surface area contributed by atoms with Crippen LogP contribution in [0.25, 0.3) is 0 Å². The second-order valence-corrected chi connectivity index (χ2v) is 6.04. The van der Waals surface area contributed by atoms with Crippen molar-refractivity contribution in [2.75, 3.05) is 13.0 Å². The van der Waals surface area contributed by atoms with Crippen LogP contribution in [-0.2, 0) is 0 Å². The number of halogens is 2. The Balaban J connectivity index is 2.19. The van der Waals surface area contributed by atoms with Gasteiger partial charge < -0.3 is 10.1 Å². The zero-order valence-electron chi connectivity index (χ0n) is 10.8. The lowest BCUT2D eigenvalue weighted by Gasteiger charge is -2.28. The van der Waals surface area contributed by atoms with Gasteiger partial charge in [0.25, 0.3) is 5.91 Å². The van der Waals surface area contributed by atoms with Crippen molar-refractivity contribution in [1.82, 2.24) is 5.32 Å². The summed E-state index contributed by atoms with van der Waals surface area (Å²) in [6, 6.07) is 5.36. The van der Waals surface area contributed by atoms with Crippen LogP contribution >= 0.6 is 27.5 Å². The molecule has 0 unspecified atom stereocenters. The van der Waals surface area contributed by atoms with Gasteiger partial charge in [-0.1, -0.05) is 12.8 Å². The smallest absolute Gasteiger partial charge is 0.253 e. The van der Waals surface area contributed by atoms with Gasteiger partial charge in [0.1, 0.15) is 5.75 Å². The highest BCUT2D eigenvalue weighted by Crippen LogP contribution is 2.32. The third-order valence-electron chi connectivity index (χ3n) is 3.61. The molecule has 1 aliphatic rings. The summed E-state index contributed by atoms with van der Waals surface area (Å²) >= 11 is 9.44. The maximum Gasteiger partial charge on any atom is 0.253 e. The maximum absolute atomic E-state index is 12.4. The minimum atomic E-state index is -0.249. The summed E-state index contributed by atoms with van der Waals surface area (Å²) in [6.07, 6.45) is 4.13. The molecule has 19 heavy (non-hydrogen) atoms. The first-order chi connectivity index (χ1) is 9.10. The lowest BCUT2D eigenvalue weighted by atomic mass is 9.99. The van der Waals surface area contributed by atoms with Gasteiger partial charge in [0.2, 0.25) is 0 Å². The van der Waals surface area contributed by atoms with E-state index in [1.165, 1.54) is 0 Å². The van der Waals surface area contributed by atoms with Crippen molar-refractivity contribution >= 4 is 33.4 Å². The molecule has 0 atom stereocenters. The van der Waals surface area contributed by atoms with Gasteiger partial charge in [-0.15, -0.1) is 11.6 Å². The highest BCUT2D eigenvalue weighted by atomic mass is 79.9. The largest absolute Gasteiger partial charge is 0.497 e. The third kappa shape index (κ3) is 3.23. The number of alkyl halides is 1. The van der Waals surface area contributed by atoms with Gasteiger partial charge in [0.15, 0.2) is 0 Å². The van der Waals surface area contributed by atoms with E-state index >= 15 is 0 Å². The van der Waals surface area contributed by atoms with E-state index in [2.05, 4.69) is 21.2 Å². The molecule has 0 spiro atoms. The Kier molecular flexibility index (Phi) is 4.74. The second kappa shape index (κ2) is 6.14. The minimum absolute atomic E-state index is 0.103. The molecular formula is C14H17BrClNO2. The van der Waals surface area contributed by atoms with Crippen LogP contribution in [0.1, 0.15) is 36.0 Å². The fourth-order valence-electron chi connectivity index (χ4n) is 2.46. The van der Waals surface area contributed by atoms with Gasteiger partial charge in [0.05, 0.1) is 18.2 Å². The average Bonchev–Trinajstić information content (AvgIpc) is 2.88. The SMILES string of the molecule is COc1ccc(Br)c(C(=O)NC2(CCl)CCCC2)c1. The molecule has 0 saturated heterocycles. The van der Waals surface area contributed by atoms with E-state index in [1.807, 2.05) is 12.1 Å². The van der Waals surface area contributed by atoms with E-state index in [4.69, 9.17) is 16.3 Å². The van der Waals surface area contributed by atoms with Gasteiger partial charge in [-0.25, -0.2) is 0 Å². The molecule has 1 aromatic rings. The number of hydrogen-bond donors (Lipinski definition) is 1. The van der Waals surface area contributed by atoms with Crippen LogP contribution < -0.4 is 10.1 Å². The van der Waals surface area contributed by atoms with Crippen LogP contribution in [-0.4, -0.2) is 24.4 Å². The van der Waals surface area contributed by atoms with Crippen LogP contribution in [0.5, 0.6) is 5.75 Å². The average molecular weight is 347 g/mol. The molecule has 1 fully saturated rings.